The van der Waals surface area contributed by atoms with E-state index in [2.05, 4.69) is 33.8 Å². The first-order valence-corrected chi connectivity index (χ1v) is 8.46. The van der Waals surface area contributed by atoms with Crippen LogP contribution in [0.1, 0.15) is 35.7 Å². The lowest BCUT2D eigenvalue weighted by Gasteiger charge is -2.16. The number of nitrogens with zero attached hydrogens (tertiary/aromatic N) is 2. The molecular weight excluding hydrogens is 316 g/mol. The molecular formula is C19H24N4O2. The van der Waals surface area contributed by atoms with E-state index in [1.54, 1.807) is 7.05 Å². The number of hydrogen-bond acceptors (Lipinski definition) is 4. The van der Waals surface area contributed by atoms with E-state index in [0.29, 0.717) is 0 Å². The van der Waals surface area contributed by atoms with Gasteiger partial charge in [0.25, 0.3) is 0 Å². The van der Waals surface area contributed by atoms with Gasteiger partial charge in [0.2, 0.25) is 0 Å². The van der Waals surface area contributed by atoms with Crippen LogP contribution >= 0.6 is 0 Å². The Morgan fingerprint density at radius 1 is 1.28 bits per heavy atom. The van der Waals surface area contributed by atoms with Crippen LogP contribution in [0, 0.1) is 13.8 Å². The highest BCUT2D eigenvalue weighted by molar-refractivity contribution is 5.81. The van der Waals surface area contributed by atoms with Crippen molar-refractivity contribution in [2.24, 2.45) is 4.99 Å². The minimum atomic E-state index is 0.0117. The molecule has 0 aliphatic rings. The van der Waals surface area contributed by atoms with Crippen molar-refractivity contribution in [1.29, 1.82) is 0 Å². The lowest BCUT2D eigenvalue weighted by Crippen LogP contribution is -2.39. The number of nitrogens with one attached hydrogen (secondary N) is 2. The van der Waals surface area contributed by atoms with E-state index < -0.39 is 0 Å². The summed E-state index contributed by atoms with van der Waals surface area (Å²) in [6, 6.07) is 10.1. The molecule has 2 aromatic heterocycles. The molecule has 132 valence electrons. The number of para-hydroxylation sites is 1. The Morgan fingerprint density at radius 3 is 2.76 bits per heavy atom. The number of furan rings is 1. The highest BCUT2D eigenvalue weighted by Crippen LogP contribution is 2.23. The van der Waals surface area contributed by atoms with E-state index in [9.17, 15) is 0 Å². The molecule has 1 unspecified atom stereocenters. The molecule has 0 fully saturated rings. The van der Waals surface area contributed by atoms with Gasteiger partial charge in [0.1, 0.15) is 17.1 Å². The third-order valence-electron chi connectivity index (χ3n) is 4.30. The van der Waals surface area contributed by atoms with Crippen molar-refractivity contribution in [3.8, 4) is 0 Å². The summed E-state index contributed by atoms with van der Waals surface area (Å²) in [7, 11) is 1.76. The Kier molecular flexibility index (Phi) is 5.07. The maximum Gasteiger partial charge on any atom is 0.191 e. The largest absolute Gasteiger partial charge is 0.459 e. The summed E-state index contributed by atoms with van der Waals surface area (Å²) < 4.78 is 11.1. The van der Waals surface area contributed by atoms with E-state index >= 15 is 0 Å². The van der Waals surface area contributed by atoms with Crippen molar-refractivity contribution in [1.82, 2.24) is 15.8 Å². The number of rotatable bonds is 5. The second kappa shape index (κ2) is 7.42. The van der Waals surface area contributed by atoms with Gasteiger partial charge in [-0.1, -0.05) is 23.4 Å². The van der Waals surface area contributed by atoms with E-state index in [0.717, 1.165) is 52.7 Å². The summed E-state index contributed by atoms with van der Waals surface area (Å²) in [6.45, 7) is 6.70. The van der Waals surface area contributed by atoms with Crippen molar-refractivity contribution in [2.45, 2.75) is 33.2 Å². The third kappa shape index (κ3) is 3.84. The fraction of sp³-hybridized carbons (Fsp3) is 0.368. The van der Waals surface area contributed by atoms with E-state index in [-0.39, 0.29) is 6.04 Å². The Balaban J connectivity index is 1.58. The van der Waals surface area contributed by atoms with Crippen molar-refractivity contribution in [2.75, 3.05) is 13.6 Å². The quantitative estimate of drug-likeness (QED) is 0.549. The average Bonchev–Trinajstić information content (AvgIpc) is 3.18. The van der Waals surface area contributed by atoms with Crippen LogP contribution in [0.25, 0.3) is 11.0 Å². The molecule has 0 saturated carbocycles. The highest BCUT2D eigenvalue weighted by Gasteiger charge is 2.13. The van der Waals surface area contributed by atoms with Gasteiger partial charge >= 0.3 is 0 Å². The Hall–Kier alpha value is -2.76. The van der Waals surface area contributed by atoms with E-state index in [1.165, 1.54) is 0 Å². The van der Waals surface area contributed by atoms with Crippen LogP contribution in [0.4, 0.5) is 0 Å². The molecule has 1 aromatic carbocycles. The molecule has 2 heterocycles. The first-order chi connectivity index (χ1) is 12.1. The fourth-order valence-corrected chi connectivity index (χ4v) is 2.85. The molecule has 0 radical (unpaired) electrons. The predicted molar refractivity (Wildman–Crippen MR) is 98.8 cm³/mol. The molecule has 1 atom stereocenters. The first kappa shape index (κ1) is 17.1. The molecule has 3 aromatic rings. The van der Waals surface area contributed by atoms with Gasteiger partial charge in [-0.15, -0.1) is 0 Å². The smallest absolute Gasteiger partial charge is 0.191 e. The highest BCUT2D eigenvalue weighted by atomic mass is 16.5. The molecule has 0 bridgehead atoms. The second-order valence-corrected chi connectivity index (χ2v) is 6.10. The summed E-state index contributed by atoms with van der Waals surface area (Å²) in [5, 5.41) is 11.8. The second-order valence-electron chi connectivity index (χ2n) is 6.10. The first-order valence-electron chi connectivity index (χ1n) is 8.46. The van der Waals surface area contributed by atoms with Gasteiger partial charge in [-0.3, -0.25) is 4.99 Å². The Bertz CT molecular complexity index is 826. The number of guanidine groups is 1. The molecule has 6 nitrogen and oxygen atoms in total. The van der Waals surface area contributed by atoms with Crippen molar-refractivity contribution in [3.05, 3.63) is 53.1 Å². The van der Waals surface area contributed by atoms with Gasteiger partial charge < -0.3 is 19.6 Å². The molecule has 0 aliphatic heterocycles. The SMILES string of the molecule is CN=C(NCCc1c(C)noc1C)NC(C)c1cc2ccccc2o1. The lowest BCUT2D eigenvalue weighted by atomic mass is 10.1. The van der Waals surface area contributed by atoms with Crippen molar-refractivity contribution in [3.63, 3.8) is 0 Å². The number of hydrogen-bond donors (Lipinski definition) is 2. The zero-order chi connectivity index (χ0) is 17.8. The monoisotopic (exact) mass is 340 g/mol. The summed E-state index contributed by atoms with van der Waals surface area (Å²) >= 11 is 0. The van der Waals surface area contributed by atoms with Crippen LogP contribution in [0.15, 0.2) is 44.3 Å². The van der Waals surface area contributed by atoms with Gasteiger partial charge in [0.05, 0.1) is 11.7 Å². The van der Waals surface area contributed by atoms with Gasteiger partial charge in [-0.05, 0) is 39.3 Å². The van der Waals surface area contributed by atoms with Crippen LogP contribution in [-0.4, -0.2) is 24.7 Å². The lowest BCUT2D eigenvalue weighted by molar-refractivity contribution is 0.392. The fourth-order valence-electron chi connectivity index (χ4n) is 2.85. The van der Waals surface area contributed by atoms with Gasteiger partial charge in [-0.25, -0.2) is 0 Å². The summed E-state index contributed by atoms with van der Waals surface area (Å²) in [5.74, 6) is 2.49. The molecule has 6 heteroatoms. The Labute approximate surface area is 147 Å². The molecule has 0 spiro atoms. The minimum Gasteiger partial charge on any atom is -0.459 e. The summed E-state index contributed by atoms with van der Waals surface area (Å²) in [6.07, 6.45) is 0.834. The van der Waals surface area contributed by atoms with Gasteiger partial charge in [-0.2, -0.15) is 0 Å². The number of aromatic nitrogens is 1. The maximum atomic E-state index is 5.90. The number of aliphatic imine (C=N–C) groups is 1. The van der Waals surface area contributed by atoms with E-state index in [1.807, 2.05) is 38.1 Å². The topological polar surface area (TPSA) is 75.6 Å². The van der Waals surface area contributed by atoms with Crippen LogP contribution < -0.4 is 10.6 Å². The normalized spacial score (nSPS) is 13.2. The number of fused-ring (bicyclic) bond motifs is 1. The minimum absolute atomic E-state index is 0.0117. The standard InChI is InChI=1S/C19H24N4O2/c1-12-16(14(3)25-23-12)9-10-21-19(20-4)22-13(2)18-11-15-7-5-6-8-17(15)24-18/h5-8,11,13H,9-10H2,1-4H3,(H2,20,21,22). The Morgan fingerprint density at radius 2 is 2.08 bits per heavy atom. The maximum absolute atomic E-state index is 5.90. The van der Waals surface area contributed by atoms with Crippen molar-refractivity contribution < 1.29 is 8.94 Å². The van der Waals surface area contributed by atoms with Crippen molar-refractivity contribution >= 4 is 16.9 Å². The van der Waals surface area contributed by atoms with Crippen LogP contribution in [0.2, 0.25) is 0 Å². The average molecular weight is 340 g/mol. The summed E-state index contributed by atoms with van der Waals surface area (Å²) in [4.78, 5) is 4.28. The molecule has 0 saturated heterocycles. The third-order valence-corrected chi connectivity index (χ3v) is 4.30. The number of aryl methyl sites for hydroxylation is 2. The molecule has 3 rings (SSSR count). The van der Waals surface area contributed by atoms with Crippen LogP contribution in [-0.2, 0) is 6.42 Å². The zero-order valence-electron chi connectivity index (χ0n) is 15.1. The van der Waals surface area contributed by atoms with Gasteiger partial charge in [0, 0.05) is 24.5 Å². The summed E-state index contributed by atoms with van der Waals surface area (Å²) in [5.41, 5.74) is 2.98. The van der Waals surface area contributed by atoms with Gasteiger partial charge in [0.15, 0.2) is 5.96 Å². The predicted octanol–water partition coefficient (Wildman–Crippen LogP) is 3.51. The van der Waals surface area contributed by atoms with E-state index in [4.69, 9.17) is 8.94 Å². The van der Waals surface area contributed by atoms with Crippen LogP contribution in [0.3, 0.4) is 0 Å². The number of benzene rings is 1. The molecule has 2 N–H and O–H groups in total. The molecule has 0 aliphatic carbocycles. The zero-order valence-corrected chi connectivity index (χ0v) is 15.1. The van der Waals surface area contributed by atoms with Crippen LogP contribution in [0.5, 0.6) is 0 Å². The molecule has 0 amide bonds. The molecule has 25 heavy (non-hydrogen) atoms.